The van der Waals surface area contributed by atoms with E-state index in [1.54, 1.807) is 55.4 Å². The number of aromatic nitrogens is 8. The van der Waals surface area contributed by atoms with Crippen molar-refractivity contribution in [3.05, 3.63) is 97.2 Å². The van der Waals surface area contributed by atoms with Crippen LogP contribution in [-0.4, -0.2) is 45.9 Å². The molecule has 6 aromatic heterocycles. The third-order valence-corrected chi connectivity index (χ3v) is 4.89. The van der Waals surface area contributed by atoms with Gasteiger partial charge in [0, 0.05) is 48.0 Å². The van der Waals surface area contributed by atoms with Gasteiger partial charge in [-0.3, -0.25) is 14.8 Å². The zero-order valence-electron chi connectivity index (χ0n) is 18.9. The molecule has 0 saturated heterocycles. The lowest BCUT2D eigenvalue weighted by atomic mass is 10.2. The lowest BCUT2D eigenvalue weighted by Crippen LogP contribution is -2.09. The predicted molar refractivity (Wildman–Crippen MR) is 127 cm³/mol. The van der Waals surface area contributed by atoms with Crippen molar-refractivity contribution in [1.29, 1.82) is 5.26 Å². The molecule has 1 amide bonds. The maximum absolute atomic E-state index is 10.9. The van der Waals surface area contributed by atoms with Crippen molar-refractivity contribution in [2.45, 2.75) is 0 Å². The zero-order chi connectivity index (χ0) is 25.6. The maximum Gasteiger partial charge on any atom is 0.284 e. The molecule has 0 spiro atoms. The van der Waals surface area contributed by atoms with Crippen molar-refractivity contribution in [2.75, 3.05) is 0 Å². The molecule has 2 N–H and O–H groups in total. The highest BCUT2D eigenvalue weighted by atomic mass is 16.4. The summed E-state index contributed by atoms with van der Waals surface area (Å²) in [5, 5.41) is 24.6. The fourth-order valence-corrected chi connectivity index (χ4v) is 3.13. The minimum absolute atomic E-state index is 0.0772. The first kappa shape index (κ1) is 22.9. The molecule has 0 aliphatic heterocycles. The molecule has 0 radical (unpaired) electrons. The van der Waals surface area contributed by atoms with Gasteiger partial charge < -0.3 is 14.6 Å². The molecule has 0 aliphatic rings. The molecule has 0 saturated carbocycles. The van der Waals surface area contributed by atoms with Crippen LogP contribution < -0.4 is 5.73 Å². The zero-order valence-corrected chi connectivity index (χ0v) is 18.9. The van der Waals surface area contributed by atoms with Gasteiger partial charge in [-0.1, -0.05) is 10.4 Å². The van der Waals surface area contributed by atoms with Crippen LogP contribution in [0.5, 0.6) is 0 Å². The number of hydrogen-bond donors (Lipinski definition) is 1. The first-order valence-corrected chi connectivity index (χ1v) is 10.7. The lowest BCUT2D eigenvalue weighted by molar-refractivity contribution is 0.0973. The second-order valence-corrected chi connectivity index (χ2v) is 7.33. The van der Waals surface area contributed by atoms with E-state index in [1.807, 2.05) is 30.3 Å². The molecular formula is C24H16N10O3. The fraction of sp³-hybridized carbons (Fsp3) is 0. The minimum atomic E-state index is -0.626. The molecule has 6 rings (SSSR count). The molecule has 13 nitrogen and oxygen atoms in total. The van der Waals surface area contributed by atoms with E-state index < -0.39 is 5.91 Å². The van der Waals surface area contributed by atoms with Crippen molar-refractivity contribution in [3.63, 3.8) is 0 Å². The van der Waals surface area contributed by atoms with Gasteiger partial charge in [0.2, 0.25) is 17.5 Å². The van der Waals surface area contributed by atoms with Crippen LogP contribution >= 0.6 is 0 Å². The average Bonchev–Trinajstić information content (AvgIpc) is 3.76. The molecular weight excluding hydrogens is 476 g/mol. The predicted octanol–water partition coefficient (Wildman–Crippen LogP) is 2.82. The maximum atomic E-state index is 10.9. The van der Waals surface area contributed by atoms with Crippen molar-refractivity contribution in [1.82, 2.24) is 40.0 Å². The van der Waals surface area contributed by atoms with Crippen LogP contribution in [0.1, 0.15) is 16.3 Å². The third-order valence-electron chi connectivity index (χ3n) is 4.89. The van der Waals surface area contributed by atoms with Crippen LogP contribution in [0.4, 0.5) is 0 Å². The summed E-state index contributed by atoms with van der Waals surface area (Å²) in [7, 11) is 0. The number of carbonyl (C=O) groups excluding carboxylic acids is 1. The lowest BCUT2D eigenvalue weighted by Gasteiger charge is -1.93. The summed E-state index contributed by atoms with van der Waals surface area (Å²) in [6.07, 6.45) is 10.2. The fourth-order valence-electron chi connectivity index (χ4n) is 3.13. The summed E-state index contributed by atoms with van der Waals surface area (Å²) < 4.78 is 13.4. The summed E-state index contributed by atoms with van der Waals surface area (Å²) in [6.45, 7) is 0. The van der Waals surface area contributed by atoms with Gasteiger partial charge in [0.15, 0.2) is 5.76 Å². The molecule has 0 bridgehead atoms. The third kappa shape index (κ3) is 5.12. The van der Waals surface area contributed by atoms with Gasteiger partial charge in [-0.25, -0.2) is 0 Å². The average molecular weight is 492 g/mol. The number of nitrogens with two attached hydrogens (primary N) is 1. The van der Waals surface area contributed by atoms with Gasteiger partial charge in [0.1, 0.15) is 17.5 Å². The minimum Gasteiger partial charge on any atom is -0.433 e. The highest BCUT2D eigenvalue weighted by Crippen LogP contribution is 2.18. The van der Waals surface area contributed by atoms with Crippen molar-refractivity contribution < 1.29 is 13.6 Å². The highest BCUT2D eigenvalue weighted by molar-refractivity contribution is 5.90. The monoisotopic (exact) mass is 492 g/mol. The summed E-state index contributed by atoms with van der Waals surface area (Å²) in [4.78, 5) is 19.0. The van der Waals surface area contributed by atoms with Crippen molar-refractivity contribution in [2.24, 2.45) is 5.73 Å². The van der Waals surface area contributed by atoms with Crippen LogP contribution in [0.25, 0.3) is 34.3 Å². The van der Waals surface area contributed by atoms with Gasteiger partial charge in [-0.15, -0.1) is 10.2 Å². The first-order valence-electron chi connectivity index (χ1n) is 10.7. The largest absolute Gasteiger partial charge is 0.433 e. The van der Waals surface area contributed by atoms with E-state index in [0.29, 0.717) is 23.2 Å². The Morgan fingerprint density at radius 2 is 1.38 bits per heavy atom. The Labute approximate surface area is 208 Å². The number of primary amides is 1. The molecule has 13 heteroatoms. The number of rotatable bonds is 5. The number of amides is 1. The number of nitrogens with zero attached hydrogens (tertiary/aromatic N) is 9. The Morgan fingerprint density at radius 1 is 0.811 bits per heavy atom. The van der Waals surface area contributed by atoms with Crippen LogP contribution in [0.2, 0.25) is 0 Å². The molecule has 0 unspecified atom stereocenters. The van der Waals surface area contributed by atoms with Crippen LogP contribution in [0.15, 0.2) is 94.5 Å². The van der Waals surface area contributed by atoms with E-state index in [0.717, 1.165) is 11.1 Å². The number of nitriles is 1. The van der Waals surface area contributed by atoms with Gasteiger partial charge in [0.05, 0.1) is 12.4 Å². The molecule has 37 heavy (non-hydrogen) atoms. The number of pyridine rings is 2. The highest BCUT2D eigenvalue weighted by Gasteiger charge is 2.11. The van der Waals surface area contributed by atoms with E-state index in [9.17, 15) is 4.79 Å². The second kappa shape index (κ2) is 10.2. The molecule has 6 aromatic rings. The molecule has 180 valence electrons. The van der Waals surface area contributed by atoms with Gasteiger partial charge >= 0.3 is 0 Å². The topological polar surface area (TPSA) is 180 Å². The van der Waals surface area contributed by atoms with E-state index in [-0.39, 0.29) is 11.5 Å². The Morgan fingerprint density at radius 3 is 1.84 bits per heavy atom. The van der Waals surface area contributed by atoms with Crippen LogP contribution in [0.3, 0.4) is 0 Å². The smallest absolute Gasteiger partial charge is 0.284 e. The Bertz CT molecular complexity index is 1680. The molecule has 6 heterocycles. The summed E-state index contributed by atoms with van der Waals surface area (Å²) >= 11 is 0. The van der Waals surface area contributed by atoms with Gasteiger partial charge in [-0.2, -0.15) is 14.6 Å². The SMILES string of the molecule is N#Cc1ccc(-n2cc(-c3cccnc3)nn2)o1.NC(=O)c1ccc(-n2cc(-c3cccnc3)nn2)o1. The normalized spacial score (nSPS) is 10.4. The number of furan rings is 2. The number of carbonyl (C=O) groups is 1. The summed E-state index contributed by atoms with van der Waals surface area (Å²) in [6, 6.07) is 15.7. The molecule has 0 aromatic carbocycles. The van der Waals surface area contributed by atoms with E-state index in [1.165, 1.54) is 15.4 Å². The quantitative estimate of drug-likeness (QED) is 0.376. The standard InChI is InChI=1S/C12H9N5O2.C12H7N5O/c13-12(18)10-3-4-11(19-10)17-7-9(15-16-17)8-2-1-5-14-6-8;13-6-10-3-4-12(18-10)17-8-11(15-16-17)9-2-1-5-14-7-9/h1-7H,(H2,13,18);1-5,7-8H. The molecule has 0 fully saturated rings. The van der Waals surface area contributed by atoms with Crippen LogP contribution in [-0.2, 0) is 0 Å². The van der Waals surface area contributed by atoms with Crippen LogP contribution in [0, 0.1) is 11.3 Å². The Balaban J connectivity index is 0.000000152. The van der Waals surface area contributed by atoms with E-state index >= 15 is 0 Å². The molecule has 0 aliphatic carbocycles. The number of hydrogen-bond acceptors (Lipinski definition) is 10. The summed E-state index contributed by atoms with van der Waals surface area (Å²) in [5.74, 6) is 0.515. The van der Waals surface area contributed by atoms with Crippen molar-refractivity contribution in [3.8, 4) is 40.4 Å². The summed E-state index contributed by atoms with van der Waals surface area (Å²) in [5.41, 5.74) is 8.18. The van der Waals surface area contributed by atoms with E-state index in [2.05, 4.69) is 30.6 Å². The van der Waals surface area contributed by atoms with Crippen molar-refractivity contribution >= 4 is 5.91 Å². The first-order chi connectivity index (χ1) is 18.1. The van der Waals surface area contributed by atoms with Gasteiger partial charge in [0.25, 0.3) is 5.91 Å². The Hall–Kier alpha value is -5.90. The van der Waals surface area contributed by atoms with Gasteiger partial charge in [-0.05, 0) is 36.4 Å². The second-order valence-electron chi connectivity index (χ2n) is 7.33. The molecule has 0 atom stereocenters. The van der Waals surface area contributed by atoms with E-state index in [4.69, 9.17) is 19.8 Å². The Kier molecular flexibility index (Phi) is 6.28.